The number of para-hydroxylation sites is 1. The molecule has 1 aliphatic rings. The number of amides is 1. The van der Waals surface area contributed by atoms with E-state index < -0.39 is 22.0 Å². The summed E-state index contributed by atoms with van der Waals surface area (Å²) in [5.41, 5.74) is 0.875. The van der Waals surface area contributed by atoms with Crippen molar-refractivity contribution in [2.24, 2.45) is 12.0 Å². The highest BCUT2D eigenvalue weighted by molar-refractivity contribution is 7.91. The van der Waals surface area contributed by atoms with E-state index in [-0.39, 0.29) is 4.21 Å². The first-order valence-electron chi connectivity index (χ1n) is 9.28. The number of aryl methyl sites for hydroxylation is 1. The molecule has 1 amide bonds. The predicted molar refractivity (Wildman–Crippen MR) is 114 cm³/mol. The number of carbonyl (C=O) groups is 1. The fraction of sp³-hybridized carbons (Fsp3) is 0.368. The fourth-order valence-electron chi connectivity index (χ4n) is 3.52. The van der Waals surface area contributed by atoms with Crippen molar-refractivity contribution in [3.63, 3.8) is 0 Å². The zero-order valence-electron chi connectivity index (χ0n) is 16.1. The number of hydrogen-bond donors (Lipinski definition) is 0. The lowest BCUT2D eigenvalue weighted by Gasteiger charge is -2.20. The van der Waals surface area contributed by atoms with Gasteiger partial charge in [0.1, 0.15) is 21.5 Å². The molecule has 1 saturated heterocycles. The Kier molecular flexibility index (Phi) is 5.60. The second-order valence-electron chi connectivity index (χ2n) is 6.64. The second-order valence-corrected chi connectivity index (χ2v) is 10.7. The number of sulfonamides is 1. The predicted octanol–water partition coefficient (Wildman–Crippen LogP) is 2.98. The molecule has 0 saturated carbocycles. The van der Waals surface area contributed by atoms with Crippen LogP contribution < -0.4 is 9.54 Å². The normalized spacial score (nSPS) is 18.6. The number of thiazole rings is 1. The minimum absolute atomic E-state index is 0.256. The molecule has 0 bridgehead atoms. The standard InChI is InChI=1S/C19H21N3O4S3/c1-3-26-14-8-4-9-15-17(14)21(2)19(28-15)20-18(23)13-7-5-11-22(13)29(24,25)16-10-6-12-27-16/h4,6,8-10,12-13H,3,5,7,11H2,1-2H3. The molecule has 0 N–H and O–H groups in total. The Balaban J connectivity index is 1.71. The highest BCUT2D eigenvalue weighted by Gasteiger charge is 2.39. The number of ether oxygens (including phenoxy) is 1. The van der Waals surface area contributed by atoms with E-state index in [4.69, 9.17) is 4.74 Å². The third kappa shape index (κ3) is 3.65. The molecule has 1 aliphatic heterocycles. The molecule has 7 nitrogen and oxygen atoms in total. The first-order chi connectivity index (χ1) is 13.9. The number of hydrogen-bond acceptors (Lipinski definition) is 6. The molecule has 2 aromatic heterocycles. The summed E-state index contributed by atoms with van der Waals surface area (Å²) in [6, 6.07) is 8.24. The van der Waals surface area contributed by atoms with Gasteiger partial charge in [0.05, 0.1) is 11.3 Å². The molecule has 154 valence electrons. The monoisotopic (exact) mass is 451 g/mol. The maximum absolute atomic E-state index is 13.0. The van der Waals surface area contributed by atoms with Crippen molar-refractivity contribution in [1.29, 1.82) is 0 Å². The zero-order valence-corrected chi connectivity index (χ0v) is 18.5. The van der Waals surface area contributed by atoms with Gasteiger partial charge in [0.2, 0.25) is 0 Å². The number of rotatable bonds is 5. The Morgan fingerprint density at radius 3 is 2.86 bits per heavy atom. The topological polar surface area (TPSA) is 81.0 Å². The Morgan fingerprint density at radius 1 is 1.31 bits per heavy atom. The summed E-state index contributed by atoms with van der Waals surface area (Å²) in [4.78, 5) is 17.8. The third-order valence-electron chi connectivity index (χ3n) is 4.84. The molecule has 1 fully saturated rings. The summed E-state index contributed by atoms with van der Waals surface area (Å²) >= 11 is 2.55. The average Bonchev–Trinajstić information content (AvgIpc) is 3.43. The van der Waals surface area contributed by atoms with E-state index in [9.17, 15) is 13.2 Å². The quantitative estimate of drug-likeness (QED) is 0.597. The molecule has 4 rings (SSSR count). The van der Waals surface area contributed by atoms with Gasteiger partial charge in [0.25, 0.3) is 15.9 Å². The van der Waals surface area contributed by atoms with Crippen molar-refractivity contribution in [1.82, 2.24) is 8.87 Å². The van der Waals surface area contributed by atoms with Crippen LogP contribution in [0.2, 0.25) is 0 Å². The first kappa shape index (κ1) is 20.3. The van der Waals surface area contributed by atoms with Crippen molar-refractivity contribution < 1.29 is 17.9 Å². The van der Waals surface area contributed by atoms with Gasteiger partial charge in [-0.1, -0.05) is 23.5 Å². The van der Waals surface area contributed by atoms with Crippen molar-refractivity contribution in [2.75, 3.05) is 13.2 Å². The molecule has 1 unspecified atom stereocenters. The fourth-order valence-corrected chi connectivity index (χ4v) is 7.33. The lowest BCUT2D eigenvalue weighted by molar-refractivity contribution is -0.121. The Labute approximate surface area is 176 Å². The number of aromatic nitrogens is 1. The van der Waals surface area contributed by atoms with E-state index in [0.29, 0.717) is 30.8 Å². The molecule has 1 aromatic carbocycles. The summed E-state index contributed by atoms with van der Waals surface area (Å²) in [7, 11) is -1.85. The van der Waals surface area contributed by atoms with Crippen LogP contribution in [-0.4, -0.2) is 42.4 Å². The lowest BCUT2D eigenvalue weighted by atomic mass is 10.2. The van der Waals surface area contributed by atoms with E-state index in [1.54, 1.807) is 17.5 Å². The average molecular weight is 452 g/mol. The number of nitrogens with zero attached hydrogens (tertiary/aromatic N) is 3. The molecule has 0 aliphatic carbocycles. The highest BCUT2D eigenvalue weighted by Crippen LogP contribution is 2.30. The molecule has 0 spiro atoms. The second kappa shape index (κ2) is 8.02. The van der Waals surface area contributed by atoms with E-state index >= 15 is 0 Å². The van der Waals surface area contributed by atoms with Crippen LogP contribution in [0.5, 0.6) is 5.75 Å². The van der Waals surface area contributed by atoms with E-state index in [0.717, 1.165) is 27.3 Å². The Morgan fingerprint density at radius 2 is 2.14 bits per heavy atom. The molecule has 0 radical (unpaired) electrons. The third-order valence-corrected chi connectivity index (χ3v) is 9.22. The van der Waals surface area contributed by atoms with Gasteiger partial charge in [-0.25, -0.2) is 8.42 Å². The van der Waals surface area contributed by atoms with Crippen LogP contribution in [0.15, 0.2) is 44.9 Å². The summed E-state index contributed by atoms with van der Waals surface area (Å²) in [5.74, 6) is 0.308. The maximum atomic E-state index is 13.0. The number of carbonyl (C=O) groups excluding carboxylic acids is 1. The summed E-state index contributed by atoms with van der Waals surface area (Å²) in [6.07, 6.45) is 1.12. The number of thiophene rings is 1. The summed E-state index contributed by atoms with van der Waals surface area (Å²) in [6.45, 7) is 2.79. The van der Waals surface area contributed by atoms with Crippen molar-refractivity contribution in [3.05, 3.63) is 40.5 Å². The summed E-state index contributed by atoms with van der Waals surface area (Å²) < 4.78 is 35.9. The van der Waals surface area contributed by atoms with Crippen LogP contribution in [0.3, 0.4) is 0 Å². The lowest BCUT2D eigenvalue weighted by Crippen LogP contribution is -2.40. The van der Waals surface area contributed by atoms with Crippen LogP contribution in [0.25, 0.3) is 10.2 Å². The molecule has 29 heavy (non-hydrogen) atoms. The number of fused-ring (bicyclic) bond motifs is 1. The molecule has 3 aromatic rings. The van der Waals surface area contributed by atoms with Gasteiger partial charge in [-0.2, -0.15) is 9.30 Å². The maximum Gasteiger partial charge on any atom is 0.266 e. The largest absolute Gasteiger partial charge is 0.492 e. The van der Waals surface area contributed by atoms with Crippen LogP contribution >= 0.6 is 22.7 Å². The SMILES string of the molecule is CCOc1cccc2sc(=NC(=O)C3CCCN3S(=O)(=O)c3cccs3)n(C)c12. The van der Waals surface area contributed by atoms with E-state index in [1.807, 2.05) is 36.7 Å². The first-order valence-corrected chi connectivity index (χ1v) is 12.4. The Bertz CT molecular complexity index is 1210. The van der Waals surface area contributed by atoms with Crippen molar-refractivity contribution in [3.8, 4) is 5.75 Å². The molecule has 10 heteroatoms. The van der Waals surface area contributed by atoms with Crippen LogP contribution in [0, 0.1) is 0 Å². The zero-order chi connectivity index (χ0) is 20.6. The van der Waals surface area contributed by atoms with E-state index in [2.05, 4.69) is 4.99 Å². The van der Waals surface area contributed by atoms with Gasteiger partial charge in [0.15, 0.2) is 4.80 Å². The van der Waals surface area contributed by atoms with E-state index in [1.165, 1.54) is 15.6 Å². The van der Waals surface area contributed by atoms with Gasteiger partial charge < -0.3 is 9.30 Å². The molecular formula is C19H21N3O4S3. The molecular weight excluding hydrogens is 430 g/mol. The minimum Gasteiger partial charge on any atom is -0.492 e. The van der Waals surface area contributed by atoms with Gasteiger partial charge in [0, 0.05) is 13.6 Å². The Hall–Kier alpha value is -2.01. The summed E-state index contributed by atoms with van der Waals surface area (Å²) in [5, 5.41) is 1.72. The minimum atomic E-state index is -3.68. The number of benzene rings is 1. The van der Waals surface area contributed by atoms with Crippen molar-refractivity contribution in [2.45, 2.75) is 30.0 Å². The van der Waals surface area contributed by atoms with Crippen molar-refractivity contribution >= 4 is 48.8 Å². The van der Waals surface area contributed by atoms with Gasteiger partial charge in [-0.05, 0) is 43.3 Å². The van der Waals surface area contributed by atoms with Crippen LogP contribution in [0.4, 0.5) is 0 Å². The van der Waals surface area contributed by atoms with Crippen LogP contribution in [-0.2, 0) is 21.9 Å². The van der Waals surface area contributed by atoms with Gasteiger partial charge >= 0.3 is 0 Å². The smallest absolute Gasteiger partial charge is 0.266 e. The molecule has 3 heterocycles. The van der Waals surface area contributed by atoms with Gasteiger partial charge in [-0.3, -0.25) is 4.79 Å². The van der Waals surface area contributed by atoms with Crippen LogP contribution in [0.1, 0.15) is 19.8 Å². The van der Waals surface area contributed by atoms with Gasteiger partial charge in [-0.15, -0.1) is 11.3 Å². The highest BCUT2D eigenvalue weighted by atomic mass is 32.2. The molecule has 1 atom stereocenters.